The van der Waals surface area contributed by atoms with E-state index in [2.05, 4.69) is 25.7 Å². The van der Waals surface area contributed by atoms with Gasteiger partial charge in [0, 0.05) is 31.1 Å². The molecule has 1 rings (SSSR count). The average Bonchev–Trinajstić information content (AvgIpc) is 2.45. The van der Waals surface area contributed by atoms with E-state index in [4.69, 9.17) is 16.7 Å². The van der Waals surface area contributed by atoms with Gasteiger partial charge in [-0.15, -0.1) is 0 Å². The highest BCUT2D eigenvalue weighted by atomic mass is 35.5. The SMILES string of the molecule is CC(C)CCN(C)C(=O)c1ccc(C#CCCO)c(Cl)c1. The zero-order valence-corrected chi connectivity index (χ0v) is 13.6. The van der Waals surface area contributed by atoms with E-state index in [1.165, 1.54) is 0 Å². The number of halogens is 1. The van der Waals surface area contributed by atoms with Crippen molar-refractivity contribution in [2.75, 3.05) is 20.2 Å². The molecule has 0 aliphatic rings. The van der Waals surface area contributed by atoms with E-state index in [1.54, 1.807) is 30.1 Å². The summed E-state index contributed by atoms with van der Waals surface area (Å²) in [5.74, 6) is 6.23. The summed E-state index contributed by atoms with van der Waals surface area (Å²) >= 11 is 6.15. The zero-order chi connectivity index (χ0) is 15.8. The molecule has 0 bridgehead atoms. The summed E-state index contributed by atoms with van der Waals surface area (Å²) in [6, 6.07) is 5.14. The fraction of sp³-hybridized carbons (Fsp3) is 0.471. The molecule has 21 heavy (non-hydrogen) atoms. The Morgan fingerprint density at radius 1 is 1.43 bits per heavy atom. The number of amides is 1. The molecule has 3 nitrogen and oxygen atoms in total. The molecule has 0 saturated heterocycles. The highest BCUT2D eigenvalue weighted by Gasteiger charge is 2.13. The van der Waals surface area contributed by atoms with Gasteiger partial charge in [0.2, 0.25) is 0 Å². The second-order valence-electron chi connectivity index (χ2n) is 5.38. The van der Waals surface area contributed by atoms with Crippen LogP contribution in [0.15, 0.2) is 18.2 Å². The second kappa shape index (κ2) is 8.71. The predicted molar refractivity (Wildman–Crippen MR) is 86.4 cm³/mol. The maximum Gasteiger partial charge on any atom is 0.253 e. The third kappa shape index (κ3) is 5.79. The van der Waals surface area contributed by atoms with Crippen LogP contribution in [0, 0.1) is 17.8 Å². The number of nitrogens with zero attached hydrogens (tertiary/aromatic N) is 1. The molecule has 0 spiro atoms. The van der Waals surface area contributed by atoms with E-state index in [1.807, 2.05) is 0 Å². The summed E-state index contributed by atoms with van der Waals surface area (Å²) in [4.78, 5) is 14.0. The summed E-state index contributed by atoms with van der Waals surface area (Å²) < 4.78 is 0. The fourth-order valence-electron chi connectivity index (χ4n) is 1.74. The lowest BCUT2D eigenvalue weighted by atomic mass is 10.1. The van der Waals surface area contributed by atoms with Crippen molar-refractivity contribution in [3.8, 4) is 11.8 Å². The minimum Gasteiger partial charge on any atom is -0.395 e. The van der Waals surface area contributed by atoms with Crippen molar-refractivity contribution in [2.24, 2.45) is 5.92 Å². The lowest BCUT2D eigenvalue weighted by Gasteiger charge is -2.18. The van der Waals surface area contributed by atoms with Gasteiger partial charge in [-0.2, -0.15) is 0 Å². The fourth-order valence-corrected chi connectivity index (χ4v) is 1.96. The number of aliphatic hydroxyl groups is 1. The molecule has 0 fully saturated rings. The number of carbonyl (C=O) groups excluding carboxylic acids is 1. The molecule has 0 aliphatic heterocycles. The number of carbonyl (C=O) groups is 1. The molecule has 0 saturated carbocycles. The number of aliphatic hydroxyl groups excluding tert-OH is 1. The largest absolute Gasteiger partial charge is 0.395 e. The Hall–Kier alpha value is -1.50. The number of hydrogen-bond donors (Lipinski definition) is 1. The smallest absolute Gasteiger partial charge is 0.253 e. The summed E-state index contributed by atoms with van der Waals surface area (Å²) in [7, 11) is 1.80. The van der Waals surface area contributed by atoms with Crippen LogP contribution in [-0.4, -0.2) is 36.1 Å². The van der Waals surface area contributed by atoms with Gasteiger partial charge in [0.05, 0.1) is 11.6 Å². The van der Waals surface area contributed by atoms with Crippen LogP contribution in [0.2, 0.25) is 5.02 Å². The Balaban J connectivity index is 2.79. The monoisotopic (exact) mass is 307 g/mol. The van der Waals surface area contributed by atoms with E-state index in [0.29, 0.717) is 28.5 Å². The lowest BCUT2D eigenvalue weighted by molar-refractivity contribution is 0.0789. The molecular weight excluding hydrogens is 286 g/mol. The maximum atomic E-state index is 12.3. The summed E-state index contributed by atoms with van der Waals surface area (Å²) in [6.45, 7) is 5.03. The maximum absolute atomic E-state index is 12.3. The molecule has 0 atom stereocenters. The third-order valence-corrected chi connectivity index (χ3v) is 3.38. The van der Waals surface area contributed by atoms with Crippen LogP contribution in [0.1, 0.15) is 42.6 Å². The number of benzene rings is 1. The van der Waals surface area contributed by atoms with Crippen molar-refractivity contribution < 1.29 is 9.90 Å². The minimum atomic E-state index is -0.0348. The van der Waals surface area contributed by atoms with Crippen molar-refractivity contribution in [3.63, 3.8) is 0 Å². The second-order valence-corrected chi connectivity index (χ2v) is 5.79. The van der Waals surface area contributed by atoms with Crippen LogP contribution in [0.25, 0.3) is 0 Å². The highest BCUT2D eigenvalue weighted by Crippen LogP contribution is 2.18. The van der Waals surface area contributed by atoms with Gasteiger partial charge in [-0.1, -0.05) is 37.3 Å². The third-order valence-electron chi connectivity index (χ3n) is 3.06. The predicted octanol–water partition coefficient (Wildman–Crippen LogP) is 3.19. The quantitative estimate of drug-likeness (QED) is 0.849. The Kier molecular flexibility index (Phi) is 7.28. The molecule has 0 aliphatic carbocycles. The van der Waals surface area contributed by atoms with E-state index >= 15 is 0 Å². The number of rotatable bonds is 5. The van der Waals surface area contributed by atoms with Crippen LogP contribution in [0.3, 0.4) is 0 Å². The van der Waals surface area contributed by atoms with Gasteiger partial charge in [0.1, 0.15) is 0 Å². The zero-order valence-electron chi connectivity index (χ0n) is 12.8. The Labute approximate surface area is 131 Å². The summed E-state index contributed by atoms with van der Waals surface area (Å²) in [6.07, 6.45) is 1.38. The van der Waals surface area contributed by atoms with E-state index in [-0.39, 0.29) is 12.5 Å². The molecule has 114 valence electrons. The van der Waals surface area contributed by atoms with Gasteiger partial charge in [0.15, 0.2) is 0 Å². The first-order chi connectivity index (χ1) is 9.95. The summed E-state index contributed by atoms with van der Waals surface area (Å²) in [5, 5.41) is 9.16. The van der Waals surface area contributed by atoms with Crippen molar-refractivity contribution in [3.05, 3.63) is 34.3 Å². The van der Waals surface area contributed by atoms with E-state index in [9.17, 15) is 4.79 Å². The Bertz CT molecular complexity index is 543. The minimum absolute atomic E-state index is 0.0296. The highest BCUT2D eigenvalue weighted by molar-refractivity contribution is 6.32. The molecule has 1 aromatic rings. The van der Waals surface area contributed by atoms with Crippen LogP contribution in [0.5, 0.6) is 0 Å². The van der Waals surface area contributed by atoms with Gasteiger partial charge >= 0.3 is 0 Å². The van der Waals surface area contributed by atoms with Crippen LogP contribution >= 0.6 is 11.6 Å². The lowest BCUT2D eigenvalue weighted by Crippen LogP contribution is -2.28. The molecule has 0 aromatic heterocycles. The Morgan fingerprint density at radius 2 is 2.14 bits per heavy atom. The molecule has 0 unspecified atom stereocenters. The van der Waals surface area contributed by atoms with Gasteiger partial charge in [-0.25, -0.2) is 0 Å². The van der Waals surface area contributed by atoms with Crippen LogP contribution in [0.4, 0.5) is 0 Å². The topological polar surface area (TPSA) is 40.5 Å². The molecule has 4 heteroatoms. The molecular formula is C17H22ClNO2. The Morgan fingerprint density at radius 3 is 2.71 bits per heavy atom. The first-order valence-corrected chi connectivity index (χ1v) is 7.48. The van der Waals surface area contributed by atoms with Gasteiger partial charge < -0.3 is 10.0 Å². The van der Waals surface area contributed by atoms with E-state index in [0.717, 1.165) is 13.0 Å². The molecule has 1 aromatic carbocycles. The first-order valence-electron chi connectivity index (χ1n) is 7.10. The molecule has 1 amide bonds. The normalized spacial score (nSPS) is 10.2. The van der Waals surface area contributed by atoms with Crippen LogP contribution in [-0.2, 0) is 0 Å². The van der Waals surface area contributed by atoms with Crippen molar-refractivity contribution in [1.82, 2.24) is 4.90 Å². The van der Waals surface area contributed by atoms with Gasteiger partial charge in [-0.3, -0.25) is 4.79 Å². The summed E-state index contributed by atoms with van der Waals surface area (Å²) in [5.41, 5.74) is 1.24. The van der Waals surface area contributed by atoms with Gasteiger partial charge in [-0.05, 0) is 30.5 Å². The molecule has 0 heterocycles. The average molecular weight is 308 g/mol. The van der Waals surface area contributed by atoms with Gasteiger partial charge in [0.25, 0.3) is 5.91 Å². The van der Waals surface area contributed by atoms with Crippen molar-refractivity contribution in [2.45, 2.75) is 26.7 Å². The van der Waals surface area contributed by atoms with Crippen molar-refractivity contribution >= 4 is 17.5 Å². The number of hydrogen-bond acceptors (Lipinski definition) is 2. The first kappa shape index (κ1) is 17.6. The van der Waals surface area contributed by atoms with Crippen LogP contribution < -0.4 is 0 Å². The standard InChI is InChI=1S/C17H22ClNO2/c1-13(2)9-10-19(3)17(21)15-8-7-14(16(18)12-15)6-4-5-11-20/h7-8,12-13,20H,5,9-11H2,1-3H3. The molecule has 1 N–H and O–H groups in total. The van der Waals surface area contributed by atoms with Crippen molar-refractivity contribution in [1.29, 1.82) is 0 Å². The molecule has 0 radical (unpaired) electrons. The van der Waals surface area contributed by atoms with E-state index < -0.39 is 0 Å².